The summed E-state index contributed by atoms with van der Waals surface area (Å²) in [7, 11) is 2.13. The fourth-order valence-corrected chi connectivity index (χ4v) is 5.95. The molecule has 0 spiro atoms. The van der Waals surface area contributed by atoms with Gasteiger partial charge >= 0.3 is 0 Å². The molecule has 0 amide bonds. The van der Waals surface area contributed by atoms with Crippen LogP contribution in [0.3, 0.4) is 0 Å². The van der Waals surface area contributed by atoms with Crippen LogP contribution >= 0.6 is 27.3 Å². The zero-order chi connectivity index (χ0) is 13.2. The fraction of sp³-hybridized carbons (Fsp3) is 0.750. The number of hydrogen-bond acceptors (Lipinski definition) is 2. The topological polar surface area (TPSA) is 12.0 Å². The number of hydrogen-bond donors (Lipinski definition) is 1. The van der Waals surface area contributed by atoms with E-state index < -0.39 is 0 Å². The minimum Gasteiger partial charge on any atom is -0.313 e. The van der Waals surface area contributed by atoms with Crippen molar-refractivity contribution in [2.75, 3.05) is 7.05 Å². The van der Waals surface area contributed by atoms with E-state index in [1.807, 2.05) is 11.3 Å². The van der Waals surface area contributed by atoms with Crippen molar-refractivity contribution in [2.24, 2.45) is 17.8 Å². The molecule has 1 aromatic rings. The Morgan fingerprint density at radius 2 is 1.95 bits per heavy atom. The van der Waals surface area contributed by atoms with Crippen LogP contribution in [0.4, 0.5) is 0 Å². The van der Waals surface area contributed by atoms with Gasteiger partial charge in [0, 0.05) is 15.9 Å². The van der Waals surface area contributed by atoms with Gasteiger partial charge in [-0.3, -0.25) is 0 Å². The third kappa shape index (κ3) is 2.93. The van der Waals surface area contributed by atoms with Crippen molar-refractivity contribution in [3.8, 4) is 0 Å². The van der Waals surface area contributed by atoms with Crippen LogP contribution in [0.5, 0.6) is 0 Å². The lowest BCUT2D eigenvalue weighted by Gasteiger charge is -2.42. The van der Waals surface area contributed by atoms with E-state index in [-0.39, 0.29) is 0 Å². The first-order valence-corrected chi connectivity index (χ1v) is 9.42. The summed E-state index contributed by atoms with van der Waals surface area (Å²) in [5, 5.41) is 8.12. The number of fused-ring (bicyclic) bond motifs is 1. The lowest BCUT2D eigenvalue weighted by molar-refractivity contribution is 0.111. The number of rotatable bonds is 3. The average Bonchev–Trinajstić information content (AvgIpc) is 2.86. The molecule has 3 rings (SSSR count). The van der Waals surface area contributed by atoms with Gasteiger partial charge < -0.3 is 5.32 Å². The molecular formula is C16H24BrNS. The molecule has 1 nitrogen and oxygen atoms in total. The maximum atomic E-state index is 3.71. The quantitative estimate of drug-likeness (QED) is 0.778. The minimum atomic E-state index is 0.545. The molecule has 0 radical (unpaired) electrons. The zero-order valence-corrected chi connectivity index (χ0v) is 14.1. The number of halogens is 1. The van der Waals surface area contributed by atoms with Crippen molar-refractivity contribution < 1.29 is 0 Å². The molecule has 4 atom stereocenters. The van der Waals surface area contributed by atoms with Crippen LogP contribution in [-0.4, -0.2) is 7.05 Å². The largest absolute Gasteiger partial charge is 0.313 e. The molecule has 0 aliphatic heterocycles. The number of nitrogens with one attached hydrogen (secondary N) is 1. The summed E-state index contributed by atoms with van der Waals surface area (Å²) in [5.41, 5.74) is 1.48. The summed E-state index contributed by atoms with van der Waals surface area (Å²) in [5.74, 6) is 2.89. The molecule has 106 valence electrons. The summed E-state index contributed by atoms with van der Waals surface area (Å²) in [6.07, 6.45) is 10.3. The highest BCUT2D eigenvalue weighted by atomic mass is 79.9. The Kier molecular flexibility index (Phi) is 4.66. The third-order valence-corrected chi connectivity index (χ3v) is 7.09. The van der Waals surface area contributed by atoms with Crippen LogP contribution in [-0.2, 0) is 0 Å². The maximum absolute atomic E-state index is 3.71. The Balaban J connectivity index is 1.72. The van der Waals surface area contributed by atoms with E-state index in [4.69, 9.17) is 0 Å². The molecule has 1 heterocycles. The average molecular weight is 342 g/mol. The van der Waals surface area contributed by atoms with E-state index in [0.29, 0.717) is 6.04 Å². The van der Waals surface area contributed by atoms with E-state index in [9.17, 15) is 0 Å². The van der Waals surface area contributed by atoms with Crippen molar-refractivity contribution in [1.82, 2.24) is 5.32 Å². The predicted molar refractivity (Wildman–Crippen MR) is 86.6 cm³/mol. The molecule has 0 saturated heterocycles. The molecular weight excluding hydrogens is 318 g/mol. The Morgan fingerprint density at radius 3 is 2.63 bits per heavy atom. The van der Waals surface area contributed by atoms with E-state index in [1.165, 1.54) is 55.0 Å². The van der Waals surface area contributed by atoms with Gasteiger partial charge in [0.2, 0.25) is 0 Å². The molecule has 2 fully saturated rings. The van der Waals surface area contributed by atoms with Crippen LogP contribution in [0.15, 0.2) is 15.2 Å². The van der Waals surface area contributed by atoms with Gasteiger partial charge in [-0.25, -0.2) is 0 Å². The van der Waals surface area contributed by atoms with E-state index in [2.05, 4.69) is 39.1 Å². The van der Waals surface area contributed by atoms with Crippen molar-refractivity contribution in [2.45, 2.75) is 51.0 Å². The van der Waals surface area contributed by atoms with E-state index >= 15 is 0 Å². The lowest BCUT2D eigenvalue weighted by Crippen LogP contribution is -2.34. The zero-order valence-electron chi connectivity index (χ0n) is 11.7. The SMILES string of the molecule is CNC(c1cscc1Br)C1CCC2CCCCC2C1. The molecule has 1 N–H and O–H groups in total. The van der Waals surface area contributed by atoms with Crippen molar-refractivity contribution in [3.05, 3.63) is 20.8 Å². The van der Waals surface area contributed by atoms with Gasteiger partial charge in [-0.1, -0.05) is 25.7 Å². The van der Waals surface area contributed by atoms with Crippen LogP contribution in [0.1, 0.15) is 56.6 Å². The van der Waals surface area contributed by atoms with Crippen LogP contribution in [0.2, 0.25) is 0 Å². The first-order valence-electron chi connectivity index (χ1n) is 7.68. The van der Waals surface area contributed by atoms with Crippen LogP contribution in [0.25, 0.3) is 0 Å². The Bertz CT molecular complexity index is 417. The normalized spacial score (nSPS) is 32.8. The van der Waals surface area contributed by atoms with Gasteiger partial charge in [0.25, 0.3) is 0 Å². The highest BCUT2D eigenvalue weighted by Gasteiger charge is 2.35. The molecule has 0 aromatic carbocycles. The summed E-state index contributed by atoms with van der Waals surface area (Å²) < 4.78 is 1.29. The summed E-state index contributed by atoms with van der Waals surface area (Å²) in [4.78, 5) is 0. The van der Waals surface area contributed by atoms with E-state index in [0.717, 1.165) is 17.8 Å². The summed E-state index contributed by atoms with van der Waals surface area (Å²) in [6.45, 7) is 0. The highest BCUT2D eigenvalue weighted by Crippen LogP contribution is 2.47. The first kappa shape index (κ1) is 14.1. The molecule has 3 heteroatoms. The Morgan fingerprint density at radius 1 is 1.16 bits per heavy atom. The molecule has 2 saturated carbocycles. The smallest absolute Gasteiger partial charge is 0.0365 e. The molecule has 4 unspecified atom stereocenters. The van der Waals surface area contributed by atoms with Gasteiger partial charge in [-0.2, -0.15) is 11.3 Å². The van der Waals surface area contributed by atoms with Gasteiger partial charge in [0.05, 0.1) is 0 Å². The predicted octanol–water partition coefficient (Wildman–Crippen LogP) is 5.38. The number of thiophene rings is 1. The fourth-order valence-electron chi connectivity index (χ4n) is 4.37. The molecule has 0 bridgehead atoms. The van der Waals surface area contributed by atoms with E-state index in [1.54, 1.807) is 0 Å². The second-order valence-corrected chi connectivity index (χ2v) is 7.92. The third-order valence-electron chi connectivity index (χ3n) is 5.34. The second kappa shape index (κ2) is 6.28. The highest BCUT2D eigenvalue weighted by molar-refractivity contribution is 9.10. The molecule has 1 aromatic heterocycles. The van der Waals surface area contributed by atoms with Gasteiger partial charge in [0.15, 0.2) is 0 Å². The van der Waals surface area contributed by atoms with Crippen molar-refractivity contribution >= 4 is 27.3 Å². The van der Waals surface area contributed by atoms with Gasteiger partial charge in [-0.15, -0.1) is 0 Å². The Labute approximate surface area is 129 Å². The maximum Gasteiger partial charge on any atom is 0.0365 e. The first-order chi connectivity index (χ1) is 9.29. The molecule has 2 aliphatic rings. The van der Waals surface area contributed by atoms with Crippen LogP contribution < -0.4 is 5.32 Å². The monoisotopic (exact) mass is 341 g/mol. The second-order valence-electron chi connectivity index (χ2n) is 6.32. The molecule has 2 aliphatic carbocycles. The standard InChI is InChI=1S/C16H24BrNS/c1-18-16(14-9-19-10-15(14)17)13-7-6-11-4-2-3-5-12(11)8-13/h9-13,16,18H,2-8H2,1H3. The van der Waals surface area contributed by atoms with Crippen molar-refractivity contribution in [3.63, 3.8) is 0 Å². The lowest BCUT2D eigenvalue weighted by atomic mass is 9.65. The van der Waals surface area contributed by atoms with Crippen molar-refractivity contribution in [1.29, 1.82) is 0 Å². The summed E-state index contributed by atoms with van der Waals surface area (Å²) in [6, 6.07) is 0.545. The van der Waals surface area contributed by atoms with Crippen LogP contribution in [0, 0.1) is 17.8 Å². The summed E-state index contributed by atoms with van der Waals surface area (Å²) >= 11 is 5.52. The Hall–Kier alpha value is 0.140. The van der Waals surface area contributed by atoms with Gasteiger partial charge in [0.1, 0.15) is 0 Å². The molecule has 19 heavy (non-hydrogen) atoms. The minimum absolute atomic E-state index is 0.545. The van der Waals surface area contributed by atoms with Gasteiger partial charge in [-0.05, 0) is 70.9 Å².